The average Bonchev–Trinajstić information content (AvgIpc) is 2.83. The number of rotatable bonds is 6. The third kappa shape index (κ3) is 4.05. The van der Waals surface area contributed by atoms with E-state index in [0.717, 1.165) is 23.4 Å². The highest BCUT2D eigenvalue weighted by Crippen LogP contribution is 2.27. The van der Waals surface area contributed by atoms with Gasteiger partial charge in [0.2, 0.25) is 5.13 Å². The van der Waals surface area contributed by atoms with Gasteiger partial charge in [-0.2, -0.15) is 8.42 Å². The second-order valence-corrected chi connectivity index (χ2v) is 6.15. The highest BCUT2D eigenvalue weighted by molar-refractivity contribution is 7.93. The Kier molecular flexibility index (Phi) is 4.77. The van der Waals surface area contributed by atoms with E-state index in [1.54, 1.807) is 12.3 Å². The van der Waals surface area contributed by atoms with Crippen molar-refractivity contribution < 1.29 is 22.2 Å². The van der Waals surface area contributed by atoms with Crippen molar-refractivity contribution in [2.75, 3.05) is 11.6 Å². The van der Waals surface area contributed by atoms with Crippen LogP contribution in [0.4, 0.5) is 10.8 Å². The Balaban J connectivity index is 2.12. The molecule has 0 saturated heterocycles. The molecule has 2 rings (SSSR count). The highest BCUT2D eigenvalue weighted by Gasteiger charge is 2.11. The average molecular weight is 335 g/mol. The fourth-order valence-electron chi connectivity index (χ4n) is 1.21. The Morgan fingerprint density at radius 3 is 2.90 bits per heavy atom. The molecular weight excluding hydrogens is 326 g/mol. The van der Waals surface area contributed by atoms with Gasteiger partial charge in [0, 0.05) is 24.0 Å². The van der Waals surface area contributed by atoms with Crippen molar-refractivity contribution in [1.29, 1.82) is 0 Å². The molecule has 1 aromatic carbocycles. The number of nitrogens with zero attached hydrogens (tertiary/aromatic N) is 2. The van der Waals surface area contributed by atoms with Crippen LogP contribution in [0, 0.1) is 0 Å². The summed E-state index contributed by atoms with van der Waals surface area (Å²) in [5.41, 5.74) is 0.439. The third-order valence-corrected chi connectivity index (χ3v) is 3.72. The normalized spacial score (nSPS) is 11.3. The second-order valence-electron chi connectivity index (χ2n) is 3.32. The lowest BCUT2D eigenvalue weighted by Gasteiger charge is -2.03. The summed E-state index contributed by atoms with van der Waals surface area (Å²) in [6, 6.07) is 5.66. The molecule has 0 bridgehead atoms. The van der Waals surface area contributed by atoms with Crippen molar-refractivity contribution in [3.05, 3.63) is 24.3 Å². The molecule has 1 aromatic heterocycles. The van der Waals surface area contributed by atoms with E-state index in [0.29, 0.717) is 10.8 Å². The van der Waals surface area contributed by atoms with Crippen molar-refractivity contribution in [3.8, 4) is 5.19 Å². The van der Waals surface area contributed by atoms with E-state index < -0.39 is 10.1 Å². The van der Waals surface area contributed by atoms with E-state index in [-0.39, 0.29) is 10.1 Å². The minimum Gasteiger partial charge on any atom is -0.330 e. The maximum Gasteiger partial charge on any atom is 0.336 e. The fraction of sp³-hybridized carbons (Fsp3) is 0.111. The lowest BCUT2D eigenvalue weighted by atomic mass is 10.3. The van der Waals surface area contributed by atoms with Gasteiger partial charge < -0.3 is 5.32 Å². The van der Waals surface area contributed by atoms with Gasteiger partial charge in [0.15, 0.2) is 0 Å². The molecule has 108 valence electrons. The Bertz CT molecular complexity index is 688. The first kappa shape index (κ1) is 15.0. The van der Waals surface area contributed by atoms with Crippen molar-refractivity contribution in [2.24, 2.45) is 0 Å². The lowest BCUT2D eigenvalue weighted by Crippen LogP contribution is -1.99. The van der Waals surface area contributed by atoms with Crippen LogP contribution in [-0.4, -0.2) is 29.4 Å². The van der Waals surface area contributed by atoms with Gasteiger partial charge in [0.25, 0.3) is 10.1 Å². The van der Waals surface area contributed by atoms with Crippen LogP contribution >= 0.6 is 23.4 Å². The van der Waals surface area contributed by atoms with Crippen molar-refractivity contribution in [3.63, 3.8) is 0 Å². The van der Waals surface area contributed by atoms with Gasteiger partial charge in [0.1, 0.15) is 0 Å². The molecule has 11 heteroatoms. The Morgan fingerprint density at radius 2 is 2.20 bits per heavy atom. The first-order chi connectivity index (χ1) is 9.49. The summed E-state index contributed by atoms with van der Waals surface area (Å²) in [7, 11) is -4.24. The molecule has 20 heavy (non-hydrogen) atoms. The summed E-state index contributed by atoms with van der Waals surface area (Å²) < 4.78 is 35.6. The van der Waals surface area contributed by atoms with Crippen LogP contribution < -0.4 is 10.2 Å². The molecule has 0 fully saturated rings. The number of aromatic nitrogens is 2. The largest absolute Gasteiger partial charge is 0.336 e. The Labute approximate surface area is 123 Å². The summed E-state index contributed by atoms with van der Waals surface area (Å²) in [5.74, 6) is 0. The van der Waals surface area contributed by atoms with E-state index in [1.165, 1.54) is 18.2 Å². The summed E-state index contributed by atoms with van der Waals surface area (Å²) in [5, 5.41) is 10.9. The number of hydrogen-bond donors (Lipinski definition) is 2. The molecule has 8 nitrogen and oxygen atoms in total. The predicted molar refractivity (Wildman–Crippen MR) is 74.7 cm³/mol. The van der Waals surface area contributed by atoms with Gasteiger partial charge in [-0.05, 0) is 29.5 Å². The Morgan fingerprint density at radius 1 is 1.40 bits per heavy atom. The maximum atomic E-state index is 11.0. The van der Waals surface area contributed by atoms with Crippen LogP contribution in [0.2, 0.25) is 0 Å². The molecule has 0 atom stereocenters. The summed E-state index contributed by atoms with van der Waals surface area (Å²) in [6.07, 6.45) is 1.68. The minimum atomic E-state index is -4.24. The van der Waals surface area contributed by atoms with E-state index in [9.17, 15) is 8.42 Å². The summed E-state index contributed by atoms with van der Waals surface area (Å²) in [6.45, 7) is 0. The number of nitrogens with one attached hydrogen (secondary N) is 1. The lowest BCUT2D eigenvalue weighted by molar-refractivity contribution is -0.0778. The van der Waals surface area contributed by atoms with Gasteiger partial charge in [-0.15, -0.1) is 9.43 Å². The first-order valence-corrected chi connectivity index (χ1v) is 8.45. The van der Waals surface area contributed by atoms with E-state index in [2.05, 4.69) is 19.8 Å². The van der Waals surface area contributed by atoms with Gasteiger partial charge >= 0.3 is 5.19 Å². The summed E-state index contributed by atoms with van der Waals surface area (Å²) >= 11 is 2.09. The molecule has 0 amide bonds. The van der Waals surface area contributed by atoms with Gasteiger partial charge in [-0.3, -0.25) is 9.44 Å². The van der Waals surface area contributed by atoms with Crippen LogP contribution in [0.15, 0.2) is 29.2 Å². The molecule has 0 saturated carbocycles. The molecule has 0 aliphatic rings. The van der Waals surface area contributed by atoms with E-state index in [4.69, 9.17) is 9.44 Å². The monoisotopic (exact) mass is 335 g/mol. The van der Waals surface area contributed by atoms with Gasteiger partial charge in [0.05, 0.1) is 4.90 Å². The SMILES string of the molecule is CSOOc1nnc(Nc2cccc(S(=O)(=O)O)c2)s1. The van der Waals surface area contributed by atoms with Crippen molar-refractivity contribution in [2.45, 2.75) is 4.90 Å². The molecule has 0 unspecified atom stereocenters. The standard InChI is InChI=1S/C9H9N3O5S3/c1-18-17-16-9-12-11-8(19-9)10-6-3-2-4-7(5-6)20(13,14)15/h2-5H,1H3,(H,10,11)(H,13,14,15). The van der Waals surface area contributed by atoms with E-state index in [1.807, 2.05) is 0 Å². The Hall–Kier alpha value is -1.40. The molecule has 1 heterocycles. The van der Waals surface area contributed by atoms with Crippen LogP contribution in [0.1, 0.15) is 0 Å². The minimum absolute atomic E-state index is 0.202. The molecule has 0 spiro atoms. The molecule has 2 N–H and O–H groups in total. The van der Waals surface area contributed by atoms with Crippen LogP contribution in [0.25, 0.3) is 0 Å². The number of benzene rings is 1. The van der Waals surface area contributed by atoms with Crippen LogP contribution in [0.3, 0.4) is 0 Å². The molecule has 0 aliphatic heterocycles. The maximum absolute atomic E-state index is 11.0. The number of hydrogen-bond acceptors (Lipinski definition) is 9. The molecular formula is C9H9N3O5S3. The second kappa shape index (κ2) is 6.37. The molecule has 0 radical (unpaired) electrons. The molecule has 2 aromatic rings. The first-order valence-electron chi connectivity index (χ1n) is 5.04. The zero-order valence-corrected chi connectivity index (χ0v) is 12.5. The van der Waals surface area contributed by atoms with Gasteiger partial charge in [-0.1, -0.05) is 11.2 Å². The fourth-order valence-corrected chi connectivity index (χ4v) is 2.48. The predicted octanol–water partition coefficient (Wildman–Crippen LogP) is 2.12. The zero-order chi connectivity index (χ0) is 14.6. The van der Waals surface area contributed by atoms with Crippen molar-refractivity contribution >= 4 is 44.3 Å². The van der Waals surface area contributed by atoms with Gasteiger partial charge in [-0.25, -0.2) is 0 Å². The van der Waals surface area contributed by atoms with Crippen LogP contribution in [-0.2, 0) is 14.5 Å². The van der Waals surface area contributed by atoms with Crippen LogP contribution in [0.5, 0.6) is 5.19 Å². The summed E-state index contributed by atoms with van der Waals surface area (Å²) in [4.78, 5) is 4.57. The molecule has 0 aliphatic carbocycles. The quantitative estimate of drug-likeness (QED) is 0.355. The van der Waals surface area contributed by atoms with Crippen molar-refractivity contribution in [1.82, 2.24) is 10.2 Å². The zero-order valence-electron chi connectivity index (χ0n) is 10.0. The number of anilines is 2. The third-order valence-electron chi connectivity index (χ3n) is 1.96. The van der Waals surface area contributed by atoms with E-state index >= 15 is 0 Å². The topological polar surface area (TPSA) is 111 Å². The smallest absolute Gasteiger partial charge is 0.330 e. The highest BCUT2D eigenvalue weighted by atomic mass is 32.2.